The minimum absolute atomic E-state index is 0.363. The molecule has 4 unspecified atom stereocenters. The van der Waals surface area contributed by atoms with Gasteiger partial charge in [-0.15, -0.1) is 0 Å². The van der Waals surface area contributed by atoms with Crippen molar-refractivity contribution in [2.45, 2.75) is 340 Å². The molecule has 0 fully saturated rings. The Balaban J connectivity index is 3.63. The lowest BCUT2D eigenvalue weighted by Crippen LogP contribution is -2.53. The van der Waals surface area contributed by atoms with Gasteiger partial charge in [-0.2, -0.15) is 0 Å². The molecule has 67 heavy (non-hydrogen) atoms. The van der Waals surface area contributed by atoms with Crippen LogP contribution in [0.15, 0.2) is 36.5 Å². The van der Waals surface area contributed by atoms with Gasteiger partial charge in [0.25, 0.3) is 0 Å². The maximum absolute atomic E-state index is 12.6. The quantitative estimate of drug-likeness (QED) is 0.0308. The molecule has 0 aliphatic heterocycles. The van der Waals surface area contributed by atoms with Gasteiger partial charge in [0.1, 0.15) is 12.2 Å². The van der Waals surface area contributed by atoms with Crippen molar-refractivity contribution in [3.63, 3.8) is 0 Å². The fourth-order valence-corrected chi connectivity index (χ4v) is 9.38. The van der Waals surface area contributed by atoms with Gasteiger partial charge in [-0.3, -0.25) is 4.79 Å². The number of carbonyl (C=O) groups excluding carboxylic acids is 1. The van der Waals surface area contributed by atoms with Crippen LogP contribution in [0.3, 0.4) is 0 Å². The summed E-state index contributed by atoms with van der Waals surface area (Å²) in [5, 5.41) is 44.0. The van der Waals surface area contributed by atoms with Gasteiger partial charge in [0, 0.05) is 0 Å². The van der Waals surface area contributed by atoms with Crippen LogP contribution in [-0.4, -0.2) is 57.3 Å². The van der Waals surface area contributed by atoms with E-state index in [0.29, 0.717) is 12.8 Å². The zero-order chi connectivity index (χ0) is 48.8. The number of carbonyl (C=O) groups is 1. The fraction of sp³-hybridized carbons (Fsp3) is 0.885. The first-order chi connectivity index (χ1) is 33.0. The number of aliphatic hydroxyl groups excluding tert-OH is 4. The number of nitrogens with one attached hydrogen (secondary N) is 1. The Hall–Kier alpha value is -1.47. The van der Waals surface area contributed by atoms with Crippen molar-refractivity contribution in [2.75, 3.05) is 6.61 Å². The molecule has 4 atom stereocenters. The number of amides is 1. The largest absolute Gasteiger partial charge is 0.394 e. The van der Waals surface area contributed by atoms with Gasteiger partial charge in [-0.05, 0) is 70.6 Å². The average Bonchev–Trinajstić information content (AvgIpc) is 3.33. The molecular weight excluding hydrogens is 827 g/mol. The molecule has 396 valence electrons. The minimum atomic E-state index is -1.28. The van der Waals surface area contributed by atoms with Gasteiger partial charge in [-0.1, -0.05) is 281 Å². The summed E-state index contributed by atoms with van der Waals surface area (Å²) in [6, 6.07) is -1.00. The van der Waals surface area contributed by atoms with Crippen molar-refractivity contribution in [1.82, 2.24) is 5.32 Å². The van der Waals surface area contributed by atoms with Gasteiger partial charge in [-0.25, -0.2) is 0 Å². The summed E-state index contributed by atoms with van der Waals surface area (Å²) in [7, 11) is 0. The van der Waals surface area contributed by atoms with Gasteiger partial charge in [0.05, 0.1) is 18.8 Å². The van der Waals surface area contributed by atoms with Crippen LogP contribution >= 0.6 is 0 Å². The van der Waals surface area contributed by atoms with Gasteiger partial charge < -0.3 is 25.7 Å². The van der Waals surface area contributed by atoms with Crippen LogP contribution in [0.4, 0.5) is 0 Å². The summed E-state index contributed by atoms with van der Waals surface area (Å²) >= 11 is 0. The topological polar surface area (TPSA) is 110 Å². The molecule has 6 nitrogen and oxygen atoms in total. The lowest BCUT2D eigenvalue weighted by molar-refractivity contribution is -0.132. The number of aliphatic hydroxyl groups is 4. The smallest absolute Gasteiger partial charge is 0.249 e. The summed E-state index contributed by atoms with van der Waals surface area (Å²) < 4.78 is 0. The van der Waals surface area contributed by atoms with E-state index in [9.17, 15) is 25.2 Å². The highest BCUT2D eigenvalue weighted by Crippen LogP contribution is 2.18. The zero-order valence-electron chi connectivity index (χ0n) is 44.9. The molecule has 0 aliphatic rings. The second kappa shape index (κ2) is 55.5. The predicted octanol–water partition coefficient (Wildman–Crippen LogP) is 17.6. The monoisotopic (exact) mass is 944 g/mol. The van der Waals surface area contributed by atoms with E-state index in [1.807, 2.05) is 0 Å². The molecule has 0 heterocycles. The maximum Gasteiger partial charge on any atom is 0.249 e. The Morgan fingerprint density at radius 2 is 0.657 bits per heavy atom. The van der Waals surface area contributed by atoms with Crippen LogP contribution in [0.2, 0.25) is 0 Å². The SMILES string of the molecule is CCCCCCCCCCC/C=C\C/C=C\CCCCCCCCCCCCCCCCC(O)C(=O)NC(CO)C(O)C(O)CCC/C=C/CCCCCCCCCCCCCCCCCC. The molecule has 1 amide bonds. The fourth-order valence-electron chi connectivity index (χ4n) is 9.38. The van der Waals surface area contributed by atoms with Gasteiger partial charge in [0.15, 0.2) is 0 Å². The zero-order valence-corrected chi connectivity index (χ0v) is 44.9. The normalized spacial score (nSPS) is 13.9. The molecule has 0 aliphatic carbocycles. The molecule has 5 N–H and O–H groups in total. The number of hydrogen-bond acceptors (Lipinski definition) is 5. The Kier molecular flexibility index (Phi) is 54.2. The van der Waals surface area contributed by atoms with Crippen molar-refractivity contribution >= 4 is 5.91 Å². The van der Waals surface area contributed by atoms with E-state index >= 15 is 0 Å². The van der Waals surface area contributed by atoms with Crippen LogP contribution < -0.4 is 5.32 Å². The van der Waals surface area contributed by atoms with E-state index in [2.05, 4.69) is 55.6 Å². The maximum atomic E-state index is 12.6. The van der Waals surface area contributed by atoms with E-state index < -0.39 is 36.9 Å². The molecule has 0 aromatic rings. The standard InChI is InChI=1S/C61H117NO5/c1-3-5-7-9-11-13-15-17-19-21-23-25-26-27-28-29-30-31-32-33-35-37-39-41-43-45-47-49-51-53-55-59(65)61(67)62-57(56-63)60(66)58(64)54-52-50-48-46-44-42-40-38-36-34-24-22-20-18-16-14-12-10-8-6-4-2/h23,25,27-28,46,48,57-60,63-66H,3-22,24,26,29-45,47,49-56H2,1-2H3,(H,62,67)/b25-23-,28-27-,48-46+. The van der Waals surface area contributed by atoms with E-state index in [1.165, 1.54) is 244 Å². The third-order valence-corrected chi connectivity index (χ3v) is 14.1. The second-order valence-corrected chi connectivity index (χ2v) is 20.7. The predicted molar refractivity (Wildman–Crippen MR) is 293 cm³/mol. The van der Waals surface area contributed by atoms with Gasteiger partial charge >= 0.3 is 0 Å². The molecule has 0 aromatic carbocycles. The summed E-state index contributed by atoms with van der Waals surface area (Å²) in [4.78, 5) is 12.6. The number of allylic oxidation sites excluding steroid dienone is 6. The number of rotatable bonds is 55. The van der Waals surface area contributed by atoms with Crippen LogP contribution in [0.1, 0.15) is 316 Å². The highest BCUT2D eigenvalue weighted by Gasteiger charge is 2.28. The third-order valence-electron chi connectivity index (χ3n) is 14.1. The van der Waals surface area contributed by atoms with Crippen molar-refractivity contribution in [2.24, 2.45) is 0 Å². The van der Waals surface area contributed by atoms with E-state index in [4.69, 9.17) is 0 Å². The molecule has 0 spiro atoms. The third kappa shape index (κ3) is 49.3. The first-order valence-electron chi connectivity index (χ1n) is 29.9. The van der Waals surface area contributed by atoms with Crippen molar-refractivity contribution < 1.29 is 25.2 Å². The van der Waals surface area contributed by atoms with E-state index in [0.717, 1.165) is 44.9 Å². The highest BCUT2D eigenvalue weighted by molar-refractivity contribution is 5.80. The molecule has 0 aromatic heterocycles. The first-order valence-corrected chi connectivity index (χ1v) is 29.9. The Bertz CT molecular complexity index is 1060. The van der Waals surface area contributed by atoms with Crippen molar-refractivity contribution in [3.05, 3.63) is 36.5 Å². The molecule has 6 heteroatoms. The number of unbranched alkanes of at least 4 members (excludes halogenated alkanes) is 40. The van der Waals surface area contributed by atoms with E-state index in [-0.39, 0.29) is 0 Å². The minimum Gasteiger partial charge on any atom is -0.394 e. The molecule has 0 bridgehead atoms. The van der Waals surface area contributed by atoms with Crippen LogP contribution in [0.5, 0.6) is 0 Å². The lowest BCUT2D eigenvalue weighted by Gasteiger charge is -2.27. The number of hydrogen-bond donors (Lipinski definition) is 5. The Morgan fingerprint density at radius 1 is 0.373 bits per heavy atom. The van der Waals surface area contributed by atoms with Crippen LogP contribution in [0, 0.1) is 0 Å². The van der Waals surface area contributed by atoms with Crippen molar-refractivity contribution in [1.29, 1.82) is 0 Å². The second-order valence-electron chi connectivity index (χ2n) is 20.7. The van der Waals surface area contributed by atoms with Gasteiger partial charge in [0.2, 0.25) is 5.91 Å². The van der Waals surface area contributed by atoms with Crippen LogP contribution in [-0.2, 0) is 4.79 Å². The summed E-state index contributed by atoms with van der Waals surface area (Å²) in [5.74, 6) is -0.590. The molecule has 0 saturated carbocycles. The van der Waals surface area contributed by atoms with Crippen LogP contribution in [0.25, 0.3) is 0 Å². The molecular formula is C61H117NO5. The summed E-state index contributed by atoms with van der Waals surface area (Å²) in [6.45, 7) is 4.08. The highest BCUT2D eigenvalue weighted by atomic mass is 16.3. The summed E-state index contributed by atoms with van der Waals surface area (Å²) in [5.41, 5.74) is 0. The lowest BCUT2D eigenvalue weighted by atomic mass is 10.00. The summed E-state index contributed by atoms with van der Waals surface area (Å²) in [6.07, 6.45) is 69.4. The van der Waals surface area contributed by atoms with E-state index in [1.54, 1.807) is 0 Å². The molecule has 0 radical (unpaired) electrons. The Labute approximate surface area is 417 Å². The first kappa shape index (κ1) is 65.5. The molecule has 0 rings (SSSR count). The van der Waals surface area contributed by atoms with Crippen molar-refractivity contribution in [3.8, 4) is 0 Å². The average molecular weight is 945 g/mol. The molecule has 0 saturated heterocycles. The Morgan fingerprint density at radius 3 is 0.985 bits per heavy atom.